The summed E-state index contributed by atoms with van der Waals surface area (Å²) in [5.74, 6) is -0.0875. The van der Waals surface area contributed by atoms with Gasteiger partial charge in [-0.15, -0.1) is 0 Å². The molecule has 0 atom stereocenters. The molecule has 2 N–H and O–H groups in total. The molecule has 0 radical (unpaired) electrons. The van der Waals surface area contributed by atoms with Gasteiger partial charge in [0.15, 0.2) is 5.82 Å². The predicted molar refractivity (Wildman–Crippen MR) is 105 cm³/mol. The fourth-order valence-corrected chi connectivity index (χ4v) is 2.79. The Morgan fingerprint density at radius 3 is 2.19 bits per heavy atom. The molecule has 2 amide bonds. The van der Waals surface area contributed by atoms with Crippen LogP contribution in [0.1, 0.15) is 28.8 Å². The van der Waals surface area contributed by atoms with Crippen molar-refractivity contribution in [1.82, 2.24) is 14.8 Å². The second-order valence-electron chi connectivity index (χ2n) is 6.05. The number of rotatable bonds is 4. The lowest BCUT2D eigenvalue weighted by Gasteiger charge is -2.10. The van der Waals surface area contributed by atoms with E-state index in [-0.39, 0.29) is 16.6 Å². The number of aryl methyl sites for hydroxylation is 2. The topological polar surface area (TPSA) is 88.9 Å². The normalized spacial score (nSPS) is 10.5. The van der Waals surface area contributed by atoms with Gasteiger partial charge in [0, 0.05) is 24.0 Å². The van der Waals surface area contributed by atoms with Crippen molar-refractivity contribution in [3.05, 3.63) is 64.6 Å². The van der Waals surface area contributed by atoms with Crippen molar-refractivity contribution in [3.8, 4) is 5.82 Å². The maximum absolute atomic E-state index is 12.6. The highest BCUT2D eigenvalue weighted by Crippen LogP contribution is 2.20. The molecule has 0 saturated heterocycles. The molecular weight excluding hydrogens is 366 g/mol. The van der Waals surface area contributed by atoms with E-state index < -0.39 is 5.91 Å². The molecule has 3 rings (SSSR count). The molecule has 0 fully saturated rings. The average molecular weight is 384 g/mol. The van der Waals surface area contributed by atoms with Crippen molar-refractivity contribution in [1.29, 1.82) is 0 Å². The summed E-state index contributed by atoms with van der Waals surface area (Å²) in [6.45, 7) is 5.23. The van der Waals surface area contributed by atoms with Crippen molar-refractivity contribution in [2.45, 2.75) is 20.8 Å². The number of nitrogens with zero attached hydrogens (tertiary/aromatic N) is 3. The van der Waals surface area contributed by atoms with E-state index in [1.165, 1.54) is 6.92 Å². The third-order valence-corrected chi connectivity index (χ3v) is 4.04. The van der Waals surface area contributed by atoms with E-state index in [1.807, 2.05) is 19.9 Å². The zero-order valence-corrected chi connectivity index (χ0v) is 15.8. The molecule has 2 heterocycles. The smallest absolute Gasteiger partial charge is 0.275 e. The first-order valence-electron chi connectivity index (χ1n) is 8.22. The lowest BCUT2D eigenvalue weighted by atomic mass is 10.2. The summed E-state index contributed by atoms with van der Waals surface area (Å²) < 4.78 is 1.66. The number of anilines is 2. The average Bonchev–Trinajstić information content (AvgIpc) is 2.95. The van der Waals surface area contributed by atoms with E-state index in [0.717, 1.165) is 11.4 Å². The fraction of sp³-hybridized carbons (Fsp3) is 0.158. The molecule has 0 spiro atoms. The molecule has 0 aliphatic carbocycles. The molecule has 0 unspecified atom stereocenters. The Labute approximate surface area is 161 Å². The van der Waals surface area contributed by atoms with E-state index >= 15 is 0 Å². The second-order valence-corrected chi connectivity index (χ2v) is 6.46. The highest BCUT2D eigenvalue weighted by Gasteiger charge is 2.15. The minimum absolute atomic E-state index is 0.104. The molecule has 1 aromatic carbocycles. The van der Waals surface area contributed by atoms with Crippen LogP contribution in [0.5, 0.6) is 0 Å². The lowest BCUT2D eigenvalue weighted by Crippen LogP contribution is -2.16. The zero-order valence-electron chi connectivity index (χ0n) is 15.1. The van der Waals surface area contributed by atoms with Gasteiger partial charge in [-0.1, -0.05) is 11.6 Å². The van der Waals surface area contributed by atoms with Crippen LogP contribution in [0, 0.1) is 13.8 Å². The van der Waals surface area contributed by atoms with Gasteiger partial charge >= 0.3 is 0 Å². The second kappa shape index (κ2) is 7.59. The monoisotopic (exact) mass is 383 g/mol. The number of hydrogen-bond acceptors (Lipinski definition) is 4. The molecule has 0 aliphatic heterocycles. The summed E-state index contributed by atoms with van der Waals surface area (Å²) in [4.78, 5) is 28.0. The van der Waals surface area contributed by atoms with Gasteiger partial charge in [-0.2, -0.15) is 5.10 Å². The van der Waals surface area contributed by atoms with Crippen LogP contribution in [0.2, 0.25) is 5.02 Å². The van der Waals surface area contributed by atoms with E-state index in [1.54, 1.807) is 41.1 Å². The van der Waals surface area contributed by atoms with Gasteiger partial charge in [0.25, 0.3) is 5.91 Å². The van der Waals surface area contributed by atoms with Gasteiger partial charge in [-0.3, -0.25) is 9.59 Å². The Hall–Kier alpha value is -3.19. The summed E-state index contributed by atoms with van der Waals surface area (Å²) in [5.41, 5.74) is 3.07. The molecule has 0 aliphatic rings. The van der Waals surface area contributed by atoms with Crippen LogP contribution in [0.4, 0.5) is 11.4 Å². The molecule has 7 nitrogen and oxygen atoms in total. The number of carbonyl (C=O) groups is 2. The number of hydrogen-bond donors (Lipinski definition) is 2. The first-order chi connectivity index (χ1) is 12.8. The van der Waals surface area contributed by atoms with Crippen LogP contribution in [0.25, 0.3) is 5.82 Å². The van der Waals surface area contributed by atoms with Crippen LogP contribution in [-0.4, -0.2) is 26.6 Å². The molecule has 3 aromatic rings. The summed E-state index contributed by atoms with van der Waals surface area (Å²) in [5, 5.41) is 10.0. The molecular formula is C19H18ClN5O2. The number of benzene rings is 1. The van der Waals surface area contributed by atoms with Crippen LogP contribution >= 0.6 is 11.6 Å². The minimum atomic E-state index is -0.435. The molecule has 0 saturated carbocycles. The largest absolute Gasteiger partial charge is 0.326 e. The van der Waals surface area contributed by atoms with Gasteiger partial charge in [-0.05, 0) is 56.3 Å². The maximum atomic E-state index is 12.6. The number of amides is 2. The predicted octanol–water partition coefficient (Wildman–Crippen LogP) is 3.75. The number of pyridine rings is 1. The first kappa shape index (κ1) is 18.6. The Kier molecular flexibility index (Phi) is 5.23. The van der Waals surface area contributed by atoms with Crippen LogP contribution in [0.15, 0.2) is 42.5 Å². The fourth-order valence-electron chi connectivity index (χ4n) is 2.60. The van der Waals surface area contributed by atoms with Crippen LogP contribution in [0.3, 0.4) is 0 Å². The molecule has 0 bridgehead atoms. The van der Waals surface area contributed by atoms with Crippen molar-refractivity contribution in [2.75, 3.05) is 10.6 Å². The Bertz CT molecular complexity index is 1010. The van der Waals surface area contributed by atoms with Crippen molar-refractivity contribution in [3.63, 3.8) is 0 Å². The van der Waals surface area contributed by atoms with Gasteiger partial charge in [0.2, 0.25) is 5.91 Å². The number of halogens is 1. The summed E-state index contributed by atoms with van der Waals surface area (Å²) in [6, 6.07) is 12.0. The van der Waals surface area contributed by atoms with E-state index in [9.17, 15) is 9.59 Å². The van der Waals surface area contributed by atoms with Crippen LogP contribution in [-0.2, 0) is 4.79 Å². The number of carbonyl (C=O) groups excluding carboxylic acids is 2. The van der Waals surface area contributed by atoms with Gasteiger partial charge in [-0.25, -0.2) is 9.67 Å². The third-order valence-electron chi connectivity index (χ3n) is 3.74. The van der Waals surface area contributed by atoms with Crippen molar-refractivity contribution in [2.24, 2.45) is 0 Å². The quantitative estimate of drug-likeness (QED) is 0.718. The van der Waals surface area contributed by atoms with E-state index in [4.69, 9.17) is 11.6 Å². The molecule has 2 aromatic heterocycles. The van der Waals surface area contributed by atoms with Gasteiger partial charge in [0.1, 0.15) is 5.69 Å². The summed E-state index contributed by atoms with van der Waals surface area (Å²) >= 11 is 6.17. The van der Waals surface area contributed by atoms with Crippen LogP contribution < -0.4 is 10.6 Å². The SMILES string of the molecule is CC(=O)Nc1ccc(NC(=O)c2nc(-n3nc(C)cc3C)ccc2Cl)cc1. The Morgan fingerprint density at radius 1 is 1.00 bits per heavy atom. The maximum Gasteiger partial charge on any atom is 0.275 e. The van der Waals surface area contributed by atoms with Crippen molar-refractivity contribution < 1.29 is 9.59 Å². The Morgan fingerprint density at radius 2 is 1.63 bits per heavy atom. The third kappa shape index (κ3) is 4.32. The standard InChI is InChI=1S/C19H18ClN5O2/c1-11-10-12(2)25(24-11)17-9-8-16(20)18(23-17)19(27)22-15-6-4-14(5-7-15)21-13(3)26/h4-10H,1-3H3,(H,21,26)(H,22,27). The first-order valence-corrected chi connectivity index (χ1v) is 8.60. The molecule has 138 valence electrons. The van der Waals surface area contributed by atoms with E-state index in [2.05, 4.69) is 20.7 Å². The zero-order chi connectivity index (χ0) is 19.6. The van der Waals surface area contributed by atoms with Crippen molar-refractivity contribution >= 4 is 34.8 Å². The van der Waals surface area contributed by atoms with Gasteiger partial charge < -0.3 is 10.6 Å². The number of nitrogens with one attached hydrogen (secondary N) is 2. The lowest BCUT2D eigenvalue weighted by molar-refractivity contribution is -0.114. The Balaban J connectivity index is 1.83. The highest BCUT2D eigenvalue weighted by atomic mass is 35.5. The van der Waals surface area contributed by atoms with Gasteiger partial charge in [0.05, 0.1) is 10.7 Å². The molecule has 8 heteroatoms. The molecule has 27 heavy (non-hydrogen) atoms. The summed E-state index contributed by atoms with van der Waals surface area (Å²) in [6.07, 6.45) is 0. The highest BCUT2D eigenvalue weighted by molar-refractivity contribution is 6.34. The number of aromatic nitrogens is 3. The summed E-state index contributed by atoms with van der Waals surface area (Å²) in [7, 11) is 0. The minimum Gasteiger partial charge on any atom is -0.326 e. The van der Waals surface area contributed by atoms with E-state index in [0.29, 0.717) is 17.2 Å².